The molecule has 1 aliphatic heterocycles. The minimum Gasteiger partial charge on any atom is -0.493 e. The lowest BCUT2D eigenvalue weighted by atomic mass is 9.96. The fourth-order valence-electron chi connectivity index (χ4n) is 3.90. The molecule has 2 rings (SSSR count). The van der Waals surface area contributed by atoms with Crippen LogP contribution < -0.4 is 14.8 Å². The van der Waals surface area contributed by atoms with Crippen LogP contribution in [0, 0.1) is 0 Å². The number of nitrogens with zero attached hydrogens (tertiary/aromatic N) is 1. The maximum Gasteiger partial charge on any atom is 0.410 e. The number of ether oxygens (including phenoxy) is 5. The molecule has 0 aliphatic carbocycles. The van der Waals surface area contributed by atoms with Crippen molar-refractivity contribution < 1.29 is 38.1 Å². The number of benzene rings is 1. The Bertz CT molecular complexity index is 883. The summed E-state index contributed by atoms with van der Waals surface area (Å²) in [7, 11) is 3.16. The van der Waals surface area contributed by atoms with Gasteiger partial charge in [0, 0.05) is 44.3 Å². The molecule has 1 N–H and O–H groups in total. The minimum atomic E-state index is -0.690. The van der Waals surface area contributed by atoms with Gasteiger partial charge in [0.2, 0.25) is 0 Å². The van der Waals surface area contributed by atoms with Gasteiger partial charge < -0.3 is 33.9 Å². The number of amides is 2. The van der Waals surface area contributed by atoms with Crippen molar-refractivity contribution >= 4 is 18.0 Å². The van der Waals surface area contributed by atoms with Gasteiger partial charge >= 0.3 is 12.1 Å². The Morgan fingerprint density at radius 1 is 1.08 bits per heavy atom. The van der Waals surface area contributed by atoms with E-state index in [1.807, 2.05) is 0 Å². The normalized spacial score (nSPS) is 17.8. The maximum atomic E-state index is 13.1. The number of rotatable bonds is 11. The summed E-state index contributed by atoms with van der Waals surface area (Å²) in [5.74, 6) is 0.335. The fourth-order valence-corrected chi connectivity index (χ4v) is 3.90. The zero-order valence-electron chi connectivity index (χ0n) is 22.3. The van der Waals surface area contributed by atoms with Crippen LogP contribution >= 0.6 is 0 Å². The number of esters is 1. The SMILES string of the molecule is CCOC(=O)C[C@@H]1CCC(NC(=O)c2ccc(OC)c(OCCCOC)c2)CN1C(=O)OC(C)(C)C. The third kappa shape index (κ3) is 9.22. The summed E-state index contributed by atoms with van der Waals surface area (Å²) in [6.45, 7) is 8.58. The van der Waals surface area contributed by atoms with Gasteiger partial charge in [-0.2, -0.15) is 0 Å². The molecule has 2 amide bonds. The molecule has 1 aromatic rings. The van der Waals surface area contributed by atoms with Gasteiger partial charge in [0.25, 0.3) is 5.91 Å². The van der Waals surface area contributed by atoms with E-state index in [4.69, 9.17) is 23.7 Å². The van der Waals surface area contributed by atoms with Crippen molar-refractivity contribution in [3.63, 3.8) is 0 Å². The molecular weight excluding hydrogens is 468 g/mol. The third-order valence-corrected chi connectivity index (χ3v) is 5.55. The van der Waals surface area contributed by atoms with E-state index in [0.717, 1.165) is 0 Å². The van der Waals surface area contributed by atoms with Crippen molar-refractivity contribution in [2.24, 2.45) is 0 Å². The summed E-state index contributed by atoms with van der Waals surface area (Å²) >= 11 is 0. The van der Waals surface area contributed by atoms with E-state index >= 15 is 0 Å². The smallest absolute Gasteiger partial charge is 0.410 e. The lowest BCUT2D eigenvalue weighted by molar-refractivity contribution is -0.144. The van der Waals surface area contributed by atoms with Gasteiger partial charge in [0.15, 0.2) is 11.5 Å². The molecule has 1 saturated heterocycles. The first-order chi connectivity index (χ1) is 17.1. The summed E-state index contributed by atoms with van der Waals surface area (Å²) < 4.78 is 26.8. The molecule has 0 spiro atoms. The van der Waals surface area contributed by atoms with Crippen LogP contribution in [0.3, 0.4) is 0 Å². The molecule has 0 radical (unpaired) electrons. The molecule has 1 heterocycles. The Balaban J connectivity index is 2.10. The molecule has 10 heteroatoms. The average molecular weight is 509 g/mol. The molecule has 1 fully saturated rings. The zero-order valence-corrected chi connectivity index (χ0v) is 22.3. The van der Waals surface area contributed by atoms with Gasteiger partial charge in [-0.05, 0) is 58.7 Å². The van der Waals surface area contributed by atoms with Crippen molar-refractivity contribution in [2.75, 3.05) is 40.6 Å². The lowest BCUT2D eigenvalue weighted by Crippen LogP contribution is -2.55. The highest BCUT2D eigenvalue weighted by Gasteiger charge is 2.36. The number of piperidine rings is 1. The summed E-state index contributed by atoms with van der Waals surface area (Å²) in [5.41, 5.74) is -0.278. The van der Waals surface area contributed by atoms with Crippen LogP contribution in [0.5, 0.6) is 11.5 Å². The molecule has 0 aromatic heterocycles. The number of nitrogens with one attached hydrogen (secondary N) is 1. The van der Waals surface area contributed by atoms with Crippen LogP contribution in [0.4, 0.5) is 4.79 Å². The van der Waals surface area contributed by atoms with E-state index < -0.39 is 11.7 Å². The van der Waals surface area contributed by atoms with Crippen molar-refractivity contribution in [2.45, 2.75) is 71.1 Å². The Hall–Kier alpha value is -3.01. The highest BCUT2D eigenvalue weighted by molar-refractivity contribution is 5.95. The van der Waals surface area contributed by atoms with Gasteiger partial charge in [-0.3, -0.25) is 9.59 Å². The van der Waals surface area contributed by atoms with Crippen molar-refractivity contribution in [1.29, 1.82) is 0 Å². The van der Waals surface area contributed by atoms with Gasteiger partial charge in [-0.1, -0.05) is 0 Å². The Kier molecular flexibility index (Phi) is 11.3. The van der Waals surface area contributed by atoms with Crippen LogP contribution in [0.2, 0.25) is 0 Å². The van der Waals surface area contributed by atoms with Crippen LogP contribution in [0.1, 0.15) is 63.7 Å². The van der Waals surface area contributed by atoms with Gasteiger partial charge in [-0.25, -0.2) is 4.79 Å². The number of carbonyl (C=O) groups is 3. The van der Waals surface area contributed by atoms with Gasteiger partial charge in [0.05, 0.1) is 26.7 Å². The third-order valence-electron chi connectivity index (χ3n) is 5.55. The highest BCUT2D eigenvalue weighted by Crippen LogP contribution is 2.29. The summed E-state index contributed by atoms with van der Waals surface area (Å²) in [6.07, 6.45) is 1.39. The van der Waals surface area contributed by atoms with Crippen LogP contribution in [0.15, 0.2) is 18.2 Å². The first-order valence-corrected chi connectivity index (χ1v) is 12.3. The molecule has 0 bridgehead atoms. The summed E-state index contributed by atoms with van der Waals surface area (Å²) in [4.78, 5) is 39.6. The average Bonchev–Trinajstić information content (AvgIpc) is 2.81. The van der Waals surface area contributed by atoms with E-state index in [1.54, 1.807) is 53.0 Å². The van der Waals surface area contributed by atoms with E-state index in [9.17, 15) is 14.4 Å². The second-order valence-electron chi connectivity index (χ2n) is 9.60. The second kappa shape index (κ2) is 13.9. The molecule has 36 heavy (non-hydrogen) atoms. The lowest BCUT2D eigenvalue weighted by Gasteiger charge is -2.40. The van der Waals surface area contributed by atoms with Gasteiger partial charge in [-0.15, -0.1) is 0 Å². The molecule has 2 atom stereocenters. The van der Waals surface area contributed by atoms with Gasteiger partial charge in [0.1, 0.15) is 5.60 Å². The Labute approximate surface area is 213 Å². The Morgan fingerprint density at radius 2 is 1.83 bits per heavy atom. The first-order valence-electron chi connectivity index (χ1n) is 12.3. The summed E-state index contributed by atoms with van der Waals surface area (Å²) in [5, 5.41) is 3.00. The highest BCUT2D eigenvalue weighted by atomic mass is 16.6. The standard InChI is InChI=1S/C26H40N2O8/c1-7-34-23(29)16-20-11-10-19(17-28(20)25(31)36-26(2,3)4)27-24(30)18-9-12-21(33-6)22(15-18)35-14-8-13-32-5/h9,12,15,19-20H,7-8,10-11,13-14,16-17H2,1-6H3,(H,27,30)/t19?,20-/m0/s1. The first kappa shape index (κ1) is 29.2. The monoisotopic (exact) mass is 508 g/mol. The number of hydrogen-bond acceptors (Lipinski definition) is 8. The minimum absolute atomic E-state index is 0.0794. The fraction of sp³-hybridized carbons (Fsp3) is 0.654. The predicted octanol–water partition coefficient (Wildman–Crippen LogP) is 3.56. The quantitative estimate of drug-likeness (QED) is 0.357. The van der Waals surface area contributed by atoms with Crippen LogP contribution in [-0.4, -0.2) is 81.1 Å². The van der Waals surface area contributed by atoms with E-state index in [2.05, 4.69) is 5.32 Å². The summed E-state index contributed by atoms with van der Waals surface area (Å²) in [6, 6.07) is 4.31. The van der Waals surface area contributed by atoms with Crippen molar-refractivity contribution in [1.82, 2.24) is 10.2 Å². The number of methoxy groups -OCH3 is 2. The van der Waals surface area contributed by atoms with Crippen LogP contribution in [-0.2, 0) is 19.0 Å². The van der Waals surface area contributed by atoms with E-state index in [0.29, 0.717) is 49.5 Å². The predicted molar refractivity (Wildman–Crippen MR) is 133 cm³/mol. The Morgan fingerprint density at radius 3 is 2.47 bits per heavy atom. The van der Waals surface area contributed by atoms with E-state index in [-0.39, 0.29) is 43.5 Å². The number of likely N-dealkylation sites (tertiary alicyclic amines) is 1. The second-order valence-corrected chi connectivity index (χ2v) is 9.60. The molecule has 1 aliphatic rings. The topological polar surface area (TPSA) is 113 Å². The number of carbonyl (C=O) groups excluding carboxylic acids is 3. The molecule has 1 aromatic carbocycles. The maximum absolute atomic E-state index is 13.1. The zero-order chi connectivity index (χ0) is 26.7. The number of hydrogen-bond donors (Lipinski definition) is 1. The molecule has 1 unspecified atom stereocenters. The molecule has 10 nitrogen and oxygen atoms in total. The van der Waals surface area contributed by atoms with Crippen molar-refractivity contribution in [3.05, 3.63) is 23.8 Å². The van der Waals surface area contributed by atoms with E-state index in [1.165, 1.54) is 12.0 Å². The molecule has 202 valence electrons. The molecule has 0 saturated carbocycles. The largest absolute Gasteiger partial charge is 0.493 e. The van der Waals surface area contributed by atoms with Crippen molar-refractivity contribution in [3.8, 4) is 11.5 Å². The van der Waals surface area contributed by atoms with Crippen LogP contribution in [0.25, 0.3) is 0 Å². The molecular formula is C26H40N2O8.